The fraction of sp³-hybridized carbons (Fsp3) is 0.158. The van der Waals surface area contributed by atoms with Crippen molar-refractivity contribution in [3.8, 4) is 0 Å². The molecule has 1 heterocycles. The Morgan fingerprint density at radius 1 is 1.19 bits per heavy atom. The normalized spacial score (nSPS) is 15.6. The summed E-state index contributed by atoms with van der Waals surface area (Å²) in [5.41, 5.74) is 1.98. The van der Waals surface area contributed by atoms with Gasteiger partial charge in [-0.15, -0.1) is 0 Å². The van der Waals surface area contributed by atoms with Gasteiger partial charge in [0.25, 0.3) is 11.7 Å². The Bertz CT molecular complexity index is 913. The minimum Gasteiger partial charge on any atom is -0.383 e. The molecule has 0 atom stereocenters. The maximum atomic E-state index is 12.9. The molecule has 0 spiro atoms. The van der Waals surface area contributed by atoms with Crippen molar-refractivity contribution in [2.75, 3.05) is 19.1 Å². The lowest BCUT2D eigenvalue weighted by Crippen LogP contribution is -2.22. The Morgan fingerprint density at radius 3 is 2.52 bits per heavy atom. The number of amides is 1. The smallest absolute Gasteiger partial charge is 0.288 e. The highest BCUT2D eigenvalue weighted by Gasteiger charge is 2.32. The summed E-state index contributed by atoms with van der Waals surface area (Å²) < 4.78 is 25.4. The number of alkyl halides is 2. The zero-order valence-corrected chi connectivity index (χ0v) is 16.1. The maximum absolute atomic E-state index is 12.9. The van der Waals surface area contributed by atoms with E-state index in [1.807, 2.05) is 0 Å². The first-order valence-corrected chi connectivity index (χ1v) is 9.23. The lowest BCUT2D eigenvalue weighted by Gasteiger charge is -2.12. The average Bonchev–Trinajstić information content (AvgIpc) is 2.92. The van der Waals surface area contributed by atoms with E-state index in [0.717, 1.165) is 0 Å². The second-order valence-corrected chi connectivity index (χ2v) is 7.45. The molecule has 27 heavy (non-hydrogen) atoms. The van der Waals surface area contributed by atoms with Crippen LogP contribution in [0.15, 0.2) is 70.3 Å². The van der Waals surface area contributed by atoms with Gasteiger partial charge in [0.05, 0.1) is 11.3 Å². The number of thioether (sulfide) groups is 1. The van der Waals surface area contributed by atoms with Crippen LogP contribution in [0.5, 0.6) is 0 Å². The van der Waals surface area contributed by atoms with Gasteiger partial charge in [-0.3, -0.25) is 4.79 Å². The predicted octanol–water partition coefficient (Wildman–Crippen LogP) is 4.85. The van der Waals surface area contributed by atoms with Crippen LogP contribution in [-0.2, 0) is 4.79 Å². The van der Waals surface area contributed by atoms with Gasteiger partial charge in [0.2, 0.25) is 0 Å². The second kappa shape index (κ2) is 8.10. The van der Waals surface area contributed by atoms with Crippen LogP contribution in [0.4, 0.5) is 14.5 Å². The van der Waals surface area contributed by atoms with Gasteiger partial charge in [-0.25, -0.2) is 0 Å². The van der Waals surface area contributed by atoms with E-state index in [2.05, 4.69) is 5.10 Å². The third-order valence-corrected chi connectivity index (χ3v) is 4.63. The van der Waals surface area contributed by atoms with Crippen LogP contribution in [-0.4, -0.2) is 36.4 Å². The fourth-order valence-electron chi connectivity index (χ4n) is 2.58. The molecule has 2 aromatic rings. The molecular weight excluding hydrogens is 392 g/mol. The molecule has 3 rings (SSSR count). The lowest BCUT2D eigenvalue weighted by molar-refractivity contribution is -0.114. The molecule has 0 radical (unpaired) electrons. The monoisotopic (exact) mass is 407 g/mol. The molecule has 0 unspecified atom stereocenters. The van der Waals surface area contributed by atoms with Crippen LogP contribution in [0.3, 0.4) is 0 Å². The number of nitrogens with zero attached hydrogens (tertiary/aromatic N) is 3. The van der Waals surface area contributed by atoms with Crippen LogP contribution in [0.1, 0.15) is 5.56 Å². The standard InChI is InChI=1S/C19H16ClF2N3OS/c1-24(2)11-16-17(12-4-3-5-15(10-12)27-19(21)22)23-25(18(16)26)14-8-6-13(20)7-9-14/h3-11,19H,1-2H3/b16-11+. The largest absolute Gasteiger partial charge is 0.383 e. The van der Waals surface area contributed by atoms with Gasteiger partial charge in [0.1, 0.15) is 5.71 Å². The Balaban J connectivity index is 2.05. The number of hydrogen-bond acceptors (Lipinski definition) is 4. The third-order valence-electron chi connectivity index (χ3n) is 3.67. The van der Waals surface area contributed by atoms with Crippen LogP contribution >= 0.6 is 23.4 Å². The van der Waals surface area contributed by atoms with Gasteiger partial charge in [-0.05, 0) is 36.4 Å². The SMILES string of the molecule is CN(C)/C=C1/C(=O)N(c2ccc(Cl)cc2)N=C1c1cccc(SC(F)F)c1. The van der Waals surface area contributed by atoms with E-state index in [0.29, 0.717) is 44.2 Å². The van der Waals surface area contributed by atoms with Crippen molar-refractivity contribution in [3.63, 3.8) is 0 Å². The van der Waals surface area contributed by atoms with E-state index >= 15 is 0 Å². The van der Waals surface area contributed by atoms with E-state index < -0.39 is 5.76 Å². The van der Waals surface area contributed by atoms with Gasteiger partial charge >= 0.3 is 0 Å². The van der Waals surface area contributed by atoms with Crippen LogP contribution < -0.4 is 5.01 Å². The van der Waals surface area contributed by atoms with E-state index in [9.17, 15) is 13.6 Å². The number of benzene rings is 2. The molecule has 1 aliphatic rings. The lowest BCUT2D eigenvalue weighted by atomic mass is 10.0. The molecule has 2 aromatic carbocycles. The molecule has 4 nitrogen and oxygen atoms in total. The predicted molar refractivity (Wildman–Crippen MR) is 106 cm³/mol. The summed E-state index contributed by atoms with van der Waals surface area (Å²) in [6.45, 7) is 0. The van der Waals surface area contributed by atoms with Crippen molar-refractivity contribution in [1.29, 1.82) is 0 Å². The first-order chi connectivity index (χ1) is 12.8. The van der Waals surface area contributed by atoms with Crippen LogP contribution in [0.2, 0.25) is 5.02 Å². The number of hydrazone groups is 1. The van der Waals surface area contributed by atoms with Crippen molar-refractivity contribution < 1.29 is 13.6 Å². The molecule has 0 saturated carbocycles. The van der Waals surface area contributed by atoms with Crippen molar-refractivity contribution >= 4 is 40.7 Å². The highest BCUT2D eigenvalue weighted by atomic mass is 35.5. The number of rotatable bonds is 5. The van der Waals surface area contributed by atoms with Gasteiger partial charge in [0, 0.05) is 35.8 Å². The zero-order valence-electron chi connectivity index (χ0n) is 14.6. The first-order valence-electron chi connectivity index (χ1n) is 7.97. The van der Waals surface area contributed by atoms with Crippen molar-refractivity contribution in [2.24, 2.45) is 5.10 Å². The first kappa shape index (κ1) is 19.4. The van der Waals surface area contributed by atoms with Crippen LogP contribution in [0, 0.1) is 0 Å². The molecule has 8 heteroatoms. The molecule has 0 aromatic heterocycles. The zero-order chi connectivity index (χ0) is 19.6. The maximum Gasteiger partial charge on any atom is 0.288 e. The van der Waals surface area contributed by atoms with E-state index in [1.165, 1.54) is 5.01 Å². The Hall–Kier alpha value is -2.38. The number of carbonyl (C=O) groups excluding carboxylic acids is 1. The van der Waals surface area contributed by atoms with Gasteiger partial charge in [-0.2, -0.15) is 18.9 Å². The average molecular weight is 408 g/mol. The van der Waals surface area contributed by atoms with Crippen molar-refractivity contribution in [2.45, 2.75) is 10.7 Å². The van der Waals surface area contributed by atoms with E-state index in [4.69, 9.17) is 11.6 Å². The van der Waals surface area contributed by atoms with Gasteiger partial charge in [0.15, 0.2) is 0 Å². The van der Waals surface area contributed by atoms with Gasteiger partial charge in [-0.1, -0.05) is 35.5 Å². The number of halogens is 3. The molecule has 0 fully saturated rings. The highest BCUT2D eigenvalue weighted by Crippen LogP contribution is 2.30. The van der Waals surface area contributed by atoms with E-state index in [-0.39, 0.29) is 5.91 Å². The molecule has 0 bridgehead atoms. The second-order valence-electron chi connectivity index (χ2n) is 5.95. The Kier molecular flexibility index (Phi) is 5.82. The summed E-state index contributed by atoms with van der Waals surface area (Å²) in [6.07, 6.45) is 1.67. The molecule has 140 valence electrons. The van der Waals surface area contributed by atoms with Gasteiger partial charge < -0.3 is 4.90 Å². The molecule has 1 aliphatic heterocycles. The highest BCUT2D eigenvalue weighted by molar-refractivity contribution is 7.99. The summed E-state index contributed by atoms with van der Waals surface area (Å²) in [7, 11) is 3.60. The van der Waals surface area contributed by atoms with Crippen molar-refractivity contribution in [3.05, 3.63) is 70.9 Å². The topological polar surface area (TPSA) is 35.9 Å². The molecule has 0 saturated heterocycles. The summed E-state index contributed by atoms with van der Waals surface area (Å²) in [4.78, 5) is 15.1. The van der Waals surface area contributed by atoms with E-state index in [1.54, 1.807) is 73.7 Å². The summed E-state index contributed by atoms with van der Waals surface area (Å²) in [6, 6.07) is 13.4. The molecule has 0 aliphatic carbocycles. The molecular formula is C19H16ClF2N3OS. The molecule has 1 amide bonds. The fourth-order valence-corrected chi connectivity index (χ4v) is 3.26. The quantitative estimate of drug-likeness (QED) is 0.525. The Morgan fingerprint density at radius 2 is 1.89 bits per heavy atom. The third kappa shape index (κ3) is 4.48. The number of anilines is 1. The summed E-state index contributed by atoms with van der Waals surface area (Å²) >= 11 is 6.37. The summed E-state index contributed by atoms with van der Waals surface area (Å²) in [5, 5.41) is 6.30. The Labute approximate surface area is 165 Å². The van der Waals surface area contributed by atoms with Crippen LogP contribution in [0.25, 0.3) is 0 Å². The number of hydrogen-bond donors (Lipinski definition) is 0. The minimum atomic E-state index is -2.52. The number of carbonyl (C=O) groups is 1. The van der Waals surface area contributed by atoms with Crippen molar-refractivity contribution in [1.82, 2.24) is 4.90 Å². The minimum absolute atomic E-state index is 0.298. The summed E-state index contributed by atoms with van der Waals surface area (Å²) in [5.74, 6) is -2.82. The molecule has 0 N–H and O–H groups in total.